The smallest absolute Gasteiger partial charge is 0.0995 e. The van der Waals surface area contributed by atoms with E-state index in [0.29, 0.717) is 26.6 Å². The lowest BCUT2D eigenvalue weighted by molar-refractivity contribution is 0.0103. The van der Waals surface area contributed by atoms with E-state index in [0.717, 1.165) is 36.4 Å². The van der Waals surface area contributed by atoms with Crippen LogP contribution in [0, 0.1) is 0 Å². The van der Waals surface area contributed by atoms with Crippen LogP contribution in [0.15, 0.2) is 66.7 Å². The van der Waals surface area contributed by atoms with E-state index < -0.39 is 5.60 Å². The Morgan fingerprint density at radius 2 is 1.56 bits per heavy atom. The average molecular weight is 510 g/mol. The fourth-order valence-corrected chi connectivity index (χ4v) is 5.14. The Balaban J connectivity index is 1.62. The van der Waals surface area contributed by atoms with Gasteiger partial charge in [0.2, 0.25) is 0 Å². The highest BCUT2D eigenvalue weighted by Gasteiger charge is 2.34. The van der Waals surface area contributed by atoms with Crippen molar-refractivity contribution in [3.8, 4) is 0 Å². The predicted molar refractivity (Wildman–Crippen MR) is 135 cm³/mol. The SMILES string of the molecule is CC(O)(CN1CCN(c2ccc(Cl)cc2Cl)[C@H](c2ccc(Cl)cc2)C1)c1cccc(Cl)c1. The van der Waals surface area contributed by atoms with Crippen molar-refractivity contribution < 1.29 is 5.11 Å². The number of rotatable bonds is 5. The number of halogens is 4. The van der Waals surface area contributed by atoms with Crippen LogP contribution in [-0.4, -0.2) is 36.2 Å². The normalized spacial score (nSPS) is 19.1. The average Bonchev–Trinajstić information content (AvgIpc) is 2.74. The van der Waals surface area contributed by atoms with E-state index in [4.69, 9.17) is 46.4 Å². The lowest BCUT2D eigenvalue weighted by Crippen LogP contribution is -2.52. The molecule has 0 aromatic heterocycles. The monoisotopic (exact) mass is 508 g/mol. The molecule has 7 heteroatoms. The van der Waals surface area contributed by atoms with Crippen molar-refractivity contribution in [3.05, 3.63) is 97.9 Å². The summed E-state index contributed by atoms with van der Waals surface area (Å²) in [5.74, 6) is 0. The van der Waals surface area contributed by atoms with Gasteiger partial charge in [-0.3, -0.25) is 4.90 Å². The second-order valence-electron chi connectivity index (χ2n) is 8.38. The van der Waals surface area contributed by atoms with Gasteiger partial charge in [-0.25, -0.2) is 0 Å². The number of benzene rings is 3. The van der Waals surface area contributed by atoms with Crippen molar-refractivity contribution in [1.29, 1.82) is 0 Å². The molecule has 1 unspecified atom stereocenters. The topological polar surface area (TPSA) is 26.7 Å². The number of anilines is 1. The highest BCUT2D eigenvalue weighted by Crippen LogP contribution is 2.37. The minimum absolute atomic E-state index is 0.0369. The van der Waals surface area contributed by atoms with Crippen molar-refractivity contribution in [2.24, 2.45) is 0 Å². The van der Waals surface area contributed by atoms with Crippen molar-refractivity contribution in [1.82, 2.24) is 4.90 Å². The van der Waals surface area contributed by atoms with Gasteiger partial charge in [0.1, 0.15) is 0 Å². The van der Waals surface area contributed by atoms with Gasteiger partial charge in [-0.05, 0) is 60.5 Å². The molecule has 0 radical (unpaired) electrons. The Bertz CT molecular complexity index is 1090. The highest BCUT2D eigenvalue weighted by molar-refractivity contribution is 6.36. The zero-order valence-corrected chi connectivity index (χ0v) is 20.6. The van der Waals surface area contributed by atoms with Crippen LogP contribution in [0.3, 0.4) is 0 Å². The van der Waals surface area contributed by atoms with Crippen LogP contribution in [0.2, 0.25) is 20.1 Å². The molecule has 1 N–H and O–H groups in total. The molecular weight excluding hydrogens is 486 g/mol. The first-order valence-electron chi connectivity index (χ1n) is 10.4. The van der Waals surface area contributed by atoms with Gasteiger partial charge in [-0.1, -0.05) is 70.7 Å². The Morgan fingerprint density at radius 1 is 0.875 bits per heavy atom. The third-order valence-corrected chi connectivity index (χ3v) is 6.94. The number of hydrogen-bond acceptors (Lipinski definition) is 3. The first kappa shape index (κ1) is 23.7. The molecule has 1 aliphatic rings. The van der Waals surface area contributed by atoms with Crippen molar-refractivity contribution in [2.45, 2.75) is 18.6 Å². The lowest BCUT2D eigenvalue weighted by Gasteiger charge is -2.45. The van der Waals surface area contributed by atoms with Gasteiger partial charge in [-0.2, -0.15) is 0 Å². The first-order chi connectivity index (χ1) is 15.2. The minimum atomic E-state index is -1.03. The molecule has 2 atom stereocenters. The fourth-order valence-electron chi connectivity index (χ4n) is 4.31. The number of aliphatic hydroxyl groups is 1. The van der Waals surface area contributed by atoms with Crippen LogP contribution in [-0.2, 0) is 5.60 Å². The summed E-state index contributed by atoms with van der Waals surface area (Å²) in [4.78, 5) is 4.58. The third kappa shape index (κ3) is 5.36. The van der Waals surface area contributed by atoms with Gasteiger partial charge in [0.25, 0.3) is 0 Å². The Hall–Kier alpha value is -1.46. The Morgan fingerprint density at radius 3 is 2.25 bits per heavy atom. The van der Waals surface area contributed by atoms with Crippen LogP contribution in [0.4, 0.5) is 5.69 Å². The molecule has 1 heterocycles. The molecule has 1 fully saturated rings. The van der Waals surface area contributed by atoms with Crippen LogP contribution >= 0.6 is 46.4 Å². The molecule has 3 aromatic carbocycles. The molecular formula is C25H24Cl4N2O. The summed E-state index contributed by atoms with van der Waals surface area (Å²) in [6.45, 7) is 4.56. The minimum Gasteiger partial charge on any atom is -0.384 e. The number of hydrogen-bond donors (Lipinski definition) is 1. The molecule has 3 nitrogen and oxygen atoms in total. The molecule has 32 heavy (non-hydrogen) atoms. The van der Waals surface area contributed by atoms with Gasteiger partial charge in [0, 0.05) is 41.2 Å². The van der Waals surface area contributed by atoms with Crippen LogP contribution in [0.1, 0.15) is 24.1 Å². The standard InChI is InChI=1S/C25H24Cl4N2O/c1-25(32,18-3-2-4-20(27)13-18)16-30-11-12-31(23-10-9-21(28)14-22(23)29)24(15-30)17-5-7-19(26)8-6-17/h2-10,13-14,24,32H,11-12,15-16H2,1H3/t24-,25?/m0/s1. The fraction of sp³-hybridized carbons (Fsp3) is 0.280. The van der Waals surface area contributed by atoms with Crippen molar-refractivity contribution >= 4 is 52.1 Å². The van der Waals surface area contributed by atoms with Crippen molar-refractivity contribution in [2.75, 3.05) is 31.1 Å². The molecule has 0 spiro atoms. The largest absolute Gasteiger partial charge is 0.384 e. The summed E-state index contributed by atoms with van der Waals surface area (Å²) >= 11 is 25.0. The van der Waals surface area contributed by atoms with Crippen LogP contribution in [0.5, 0.6) is 0 Å². The summed E-state index contributed by atoms with van der Waals surface area (Å²) in [6, 6.07) is 20.9. The number of β-amino-alcohol motifs (C(OH)–C–C–N with tert-alkyl or cyclic N) is 1. The molecule has 1 saturated heterocycles. The third-order valence-electron chi connectivity index (χ3n) is 5.92. The summed E-state index contributed by atoms with van der Waals surface area (Å²) in [5, 5.41) is 13.8. The molecule has 1 aliphatic heterocycles. The maximum Gasteiger partial charge on any atom is 0.0995 e. The van der Waals surface area contributed by atoms with Crippen LogP contribution in [0.25, 0.3) is 0 Å². The van der Waals surface area contributed by atoms with Gasteiger partial charge in [-0.15, -0.1) is 0 Å². The molecule has 0 amide bonds. The van der Waals surface area contributed by atoms with Crippen LogP contribution < -0.4 is 4.90 Å². The van der Waals surface area contributed by atoms with E-state index in [-0.39, 0.29) is 6.04 Å². The van der Waals surface area contributed by atoms with E-state index in [1.807, 2.05) is 67.6 Å². The maximum absolute atomic E-state index is 11.2. The summed E-state index contributed by atoms with van der Waals surface area (Å²) in [7, 11) is 0. The lowest BCUT2D eigenvalue weighted by atomic mass is 9.94. The molecule has 0 saturated carbocycles. The number of piperazine rings is 1. The second kappa shape index (κ2) is 9.80. The zero-order valence-electron chi connectivity index (χ0n) is 17.6. The predicted octanol–water partition coefficient (Wildman–Crippen LogP) is 7.07. The quantitative estimate of drug-likeness (QED) is 0.398. The van der Waals surface area contributed by atoms with Gasteiger partial charge < -0.3 is 10.0 Å². The Kier molecular flexibility index (Phi) is 7.26. The van der Waals surface area contributed by atoms with E-state index in [1.165, 1.54) is 0 Å². The van der Waals surface area contributed by atoms with Gasteiger partial charge in [0.05, 0.1) is 22.4 Å². The van der Waals surface area contributed by atoms with E-state index in [2.05, 4.69) is 9.80 Å². The van der Waals surface area contributed by atoms with E-state index in [1.54, 1.807) is 6.07 Å². The molecule has 4 rings (SSSR count). The first-order valence-corrected chi connectivity index (χ1v) is 11.9. The Labute approximate surface area is 209 Å². The second-order valence-corrected chi connectivity index (χ2v) is 10.1. The molecule has 168 valence electrons. The molecule has 0 aliphatic carbocycles. The molecule has 3 aromatic rings. The van der Waals surface area contributed by atoms with Gasteiger partial charge >= 0.3 is 0 Å². The number of nitrogens with zero attached hydrogens (tertiary/aromatic N) is 2. The highest BCUT2D eigenvalue weighted by atomic mass is 35.5. The molecule has 0 bridgehead atoms. The van der Waals surface area contributed by atoms with Gasteiger partial charge in [0.15, 0.2) is 0 Å². The summed E-state index contributed by atoms with van der Waals surface area (Å²) in [5.41, 5.74) is 1.84. The summed E-state index contributed by atoms with van der Waals surface area (Å²) in [6.07, 6.45) is 0. The van der Waals surface area contributed by atoms with E-state index >= 15 is 0 Å². The zero-order chi connectivity index (χ0) is 22.9. The van der Waals surface area contributed by atoms with Crippen molar-refractivity contribution in [3.63, 3.8) is 0 Å². The maximum atomic E-state index is 11.2. The summed E-state index contributed by atoms with van der Waals surface area (Å²) < 4.78 is 0. The van der Waals surface area contributed by atoms with E-state index in [9.17, 15) is 5.11 Å².